The Morgan fingerprint density at radius 2 is 1.58 bits per heavy atom. The molecule has 1 heterocycles. The molecule has 31 heavy (non-hydrogen) atoms. The van der Waals surface area contributed by atoms with Crippen LogP contribution in [0.2, 0.25) is 10.0 Å². The lowest BCUT2D eigenvalue weighted by molar-refractivity contribution is 0.603. The molecular formula is C22H17Cl2N4O2S-. The Morgan fingerprint density at radius 3 is 2.26 bits per heavy atom. The van der Waals surface area contributed by atoms with E-state index in [1.807, 2.05) is 19.9 Å². The fraction of sp³-hybridized carbons (Fsp3) is 0.0909. The van der Waals surface area contributed by atoms with E-state index in [0.29, 0.717) is 26.8 Å². The van der Waals surface area contributed by atoms with Crippen molar-refractivity contribution >= 4 is 61.6 Å². The molecule has 4 rings (SSSR count). The fourth-order valence-corrected chi connectivity index (χ4v) is 4.38. The number of fused-ring (bicyclic) bond motifs is 1. The number of para-hydroxylation sites is 2. The molecule has 0 saturated heterocycles. The highest BCUT2D eigenvalue weighted by Gasteiger charge is 2.14. The third-order valence-electron chi connectivity index (χ3n) is 4.72. The SMILES string of the molecule is Cc1ccc(S(=O)(=O)[N-]c2nc3ccccc3nc2Nc2ccc(Cl)cc2Cl)cc1C. The highest BCUT2D eigenvalue weighted by Crippen LogP contribution is 2.36. The zero-order chi connectivity index (χ0) is 22.2. The van der Waals surface area contributed by atoms with Crippen molar-refractivity contribution in [3.8, 4) is 0 Å². The monoisotopic (exact) mass is 471 g/mol. The van der Waals surface area contributed by atoms with Crippen LogP contribution in [0.3, 0.4) is 0 Å². The molecule has 0 amide bonds. The van der Waals surface area contributed by atoms with E-state index in [0.717, 1.165) is 11.1 Å². The molecule has 0 aliphatic heterocycles. The summed E-state index contributed by atoms with van der Waals surface area (Å²) in [5.74, 6) is 0.0956. The first-order valence-electron chi connectivity index (χ1n) is 9.27. The summed E-state index contributed by atoms with van der Waals surface area (Å²) in [6.07, 6.45) is 0. The van der Waals surface area contributed by atoms with Crippen LogP contribution in [0, 0.1) is 13.8 Å². The summed E-state index contributed by atoms with van der Waals surface area (Å²) in [7, 11) is -4.02. The number of halogens is 2. The number of nitrogens with one attached hydrogen (secondary N) is 1. The Hall–Kier alpha value is -2.87. The minimum absolute atomic E-state index is 0.0667. The van der Waals surface area contributed by atoms with Crippen LogP contribution in [0.5, 0.6) is 0 Å². The van der Waals surface area contributed by atoms with E-state index in [-0.39, 0.29) is 16.5 Å². The van der Waals surface area contributed by atoms with Gasteiger partial charge in [0.05, 0.1) is 21.1 Å². The second-order valence-electron chi connectivity index (χ2n) is 6.95. The Labute approximate surface area is 190 Å². The molecule has 0 bridgehead atoms. The first kappa shape index (κ1) is 21.4. The molecule has 158 valence electrons. The highest BCUT2D eigenvalue weighted by molar-refractivity contribution is 7.94. The van der Waals surface area contributed by atoms with Crippen LogP contribution in [0.1, 0.15) is 11.1 Å². The normalized spacial score (nSPS) is 11.5. The van der Waals surface area contributed by atoms with Gasteiger partial charge in [-0.25, -0.2) is 13.4 Å². The molecule has 6 nitrogen and oxygen atoms in total. The van der Waals surface area contributed by atoms with E-state index in [9.17, 15) is 8.42 Å². The molecule has 9 heteroatoms. The van der Waals surface area contributed by atoms with E-state index < -0.39 is 10.0 Å². The van der Waals surface area contributed by atoms with Crippen LogP contribution < -0.4 is 5.32 Å². The standard InChI is InChI=1S/C22H17Cl2N4O2S/c1-13-7-9-16(11-14(13)2)31(29,30)28-22-21(25-18-10-8-15(23)12-17(18)24)26-19-5-3-4-6-20(19)27-22/h3-12H,1-2H3,(H-,25,26,27,28)/q-1. The Morgan fingerprint density at radius 1 is 0.871 bits per heavy atom. The van der Waals surface area contributed by atoms with Crippen molar-refractivity contribution in [3.05, 3.63) is 86.6 Å². The molecule has 0 atom stereocenters. The summed E-state index contributed by atoms with van der Waals surface area (Å²) < 4.78 is 30.0. The number of rotatable bonds is 5. The average Bonchev–Trinajstić information content (AvgIpc) is 2.72. The van der Waals surface area contributed by atoms with Gasteiger partial charge in [-0.15, -0.1) is 0 Å². The maximum atomic E-state index is 13.0. The van der Waals surface area contributed by atoms with Gasteiger partial charge in [0, 0.05) is 5.02 Å². The number of hydrogen-bond acceptors (Lipinski definition) is 5. The minimum atomic E-state index is -4.02. The van der Waals surface area contributed by atoms with E-state index in [4.69, 9.17) is 23.2 Å². The topological polar surface area (TPSA) is 86.1 Å². The molecule has 1 aromatic heterocycles. The number of nitrogens with zero attached hydrogens (tertiary/aromatic N) is 3. The second kappa shape index (κ2) is 8.34. The van der Waals surface area contributed by atoms with Crippen molar-refractivity contribution in [2.75, 3.05) is 5.32 Å². The maximum absolute atomic E-state index is 13.0. The fourth-order valence-electron chi connectivity index (χ4n) is 2.90. The smallest absolute Gasteiger partial charge is 0.202 e. The third kappa shape index (κ3) is 4.58. The lowest BCUT2D eigenvalue weighted by Gasteiger charge is -2.21. The van der Waals surface area contributed by atoms with Gasteiger partial charge in [-0.1, -0.05) is 47.5 Å². The van der Waals surface area contributed by atoms with Crippen LogP contribution in [0.15, 0.2) is 65.6 Å². The van der Waals surface area contributed by atoms with Gasteiger partial charge < -0.3 is 15.0 Å². The molecular weight excluding hydrogens is 455 g/mol. The molecule has 0 fully saturated rings. The third-order valence-corrected chi connectivity index (χ3v) is 6.53. The largest absolute Gasteiger partial charge is 0.431 e. The van der Waals surface area contributed by atoms with Gasteiger partial charge in [0.1, 0.15) is 5.82 Å². The zero-order valence-electron chi connectivity index (χ0n) is 16.6. The summed E-state index contributed by atoms with van der Waals surface area (Å²) >= 11 is 12.2. The number of aryl methyl sites for hydroxylation is 2. The Kier molecular flexibility index (Phi) is 5.75. The second-order valence-corrected chi connectivity index (χ2v) is 9.39. The molecule has 0 radical (unpaired) electrons. The summed E-state index contributed by atoms with van der Waals surface area (Å²) in [6, 6.07) is 16.9. The number of benzene rings is 3. The molecule has 0 unspecified atom stereocenters. The van der Waals surface area contributed by atoms with Gasteiger partial charge >= 0.3 is 0 Å². The number of anilines is 2. The van der Waals surface area contributed by atoms with E-state index >= 15 is 0 Å². The lowest BCUT2D eigenvalue weighted by Crippen LogP contribution is -2.03. The highest BCUT2D eigenvalue weighted by atomic mass is 35.5. The maximum Gasteiger partial charge on any atom is 0.202 e. The van der Waals surface area contributed by atoms with Crippen molar-refractivity contribution in [2.24, 2.45) is 0 Å². The van der Waals surface area contributed by atoms with Gasteiger partial charge in [0.2, 0.25) is 10.0 Å². The minimum Gasteiger partial charge on any atom is -0.431 e. The van der Waals surface area contributed by atoms with Gasteiger partial charge in [0.15, 0.2) is 0 Å². The predicted molar refractivity (Wildman–Crippen MR) is 125 cm³/mol. The molecule has 3 aromatic carbocycles. The van der Waals surface area contributed by atoms with Crippen LogP contribution in [0.25, 0.3) is 15.8 Å². The van der Waals surface area contributed by atoms with Gasteiger partial charge in [0.25, 0.3) is 0 Å². The van der Waals surface area contributed by atoms with Crippen LogP contribution in [0.4, 0.5) is 17.3 Å². The zero-order valence-corrected chi connectivity index (χ0v) is 18.9. The van der Waals surface area contributed by atoms with Crippen molar-refractivity contribution in [1.82, 2.24) is 9.97 Å². The van der Waals surface area contributed by atoms with Gasteiger partial charge in [-0.2, -0.15) is 0 Å². The van der Waals surface area contributed by atoms with Crippen LogP contribution >= 0.6 is 23.2 Å². The van der Waals surface area contributed by atoms with Crippen molar-refractivity contribution in [1.29, 1.82) is 0 Å². The van der Waals surface area contributed by atoms with Crippen LogP contribution in [-0.2, 0) is 10.0 Å². The first-order chi connectivity index (χ1) is 14.7. The average molecular weight is 472 g/mol. The van der Waals surface area contributed by atoms with E-state index in [1.165, 1.54) is 6.07 Å². The van der Waals surface area contributed by atoms with Crippen molar-refractivity contribution < 1.29 is 8.42 Å². The molecule has 0 aliphatic carbocycles. The number of hydrogen-bond donors (Lipinski definition) is 1. The Bertz CT molecular complexity index is 1410. The first-order valence-corrected chi connectivity index (χ1v) is 11.5. The number of aromatic nitrogens is 2. The van der Waals surface area contributed by atoms with Crippen molar-refractivity contribution in [2.45, 2.75) is 18.7 Å². The van der Waals surface area contributed by atoms with Gasteiger partial charge in [-0.3, -0.25) is 0 Å². The van der Waals surface area contributed by atoms with Gasteiger partial charge in [-0.05, 0) is 72.7 Å². The Balaban J connectivity index is 1.79. The molecule has 4 aromatic rings. The summed E-state index contributed by atoms with van der Waals surface area (Å²) in [6.45, 7) is 3.76. The summed E-state index contributed by atoms with van der Waals surface area (Å²) in [5.41, 5.74) is 3.44. The van der Waals surface area contributed by atoms with E-state index in [1.54, 1.807) is 48.5 Å². The van der Waals surface area contributed by atoms with Crippen LogP contribution in [-0.4, -0.2) is 18.4 Å². The molecule has 0 saturated carbocycles. The summed E-state index contributed by atoms with van der Waals surface area (Å²) in [4.78, 5) is 9.03. The van der Waals surface area contributed by atoms with E-state index in [2.05, 4.69) is 20.0 Å². The number of sulfonamides is 1. The molecule has 1 N–H and O–H groups in total. The molecule has 0 spiro atoms. The molecule has 0 aliphatic rings. The quantitative estimate of drug-likeness (QED) is 0.350. The lowest BCUT2D eigenvalue weighted by atomic mass is 10.1. The van der Waals surface area contributed by atoms with Crippen molar-refractivity contribution in [3.63, 3.8) is 0 Å². The predicted octanol–water partition coefficient (Wildman–Crippen LogP) is 6.69. The summed E-state index contributed by atoms with van der Waals surface area (Å²) in [5, 5.41) is 3.86.